The van der Waals surface area contributed by atoms with Crippen molar-refractivity contribution in [2.24, 2.45) is 0 Å². The number of amides is 4. The number of nitrogens with zero attached hydrogens (tertiary/aromatic N) is 4. The van der Waals surface area contributed by atoms with Crippen molar-refractivity contribution in [1.29, 1.82) is 0 Å². The molecule has 152 valence electrons. The smallest absolute Gasteiger partial charge is 0.407 e. The van der Waals surface area contributed by atoms with Crippen molar-refractivity contribution in [3.05, 3.63) is 18.3 Å². The summed E-state index contributed by atoms with van der Waals surface area (Å²) >= 11 is 0. The van der Waals surface area contributed by atoms with Gasteiger partial charge < -0.3 is 14.7 Å². The molecule has 3 rings (SSSR count). The van der Waals surface area contributed by atoms with Crippen molar-refractivity contribution in [2.75, 3.05) is 37.7 Å². The number of imide groups is 1. The molecule has 0 aliphatic carbocycles. The van der Waals surface area contributed by atoms with Crippen LogP contribution in [0, 0.1) is 0 Å². The number of carboxylic acid groups (broad SMARTS) is 1. The van der Waals surface area contributed by atoms with Gasteiger partial charge >= 0.3 is 12.1 Å². The predicted molar refractivity (Wildman–Crippen MR) is 100 cm³/mol. The van der Waals surface area contributed by atoms with Gasteiger partial charge in [0.25, 0.3) is 0 Å². The van der Waals surface area contributed by atoms with Gasteiger partial charge in [0.05, 0.1) is 11.9 Å². The van der Waals surface area contributed by atoms with Crippen molar-refractivity contribution in [3.8, 4) is 5.88 Å². The number of hydrogen-bond acceptors (Lipinski definition) is 6. The van der Waals surface area contributed by atoms with E-state index in [1.807, 2.05) is 13.8 Å². The summed E-state index contributed by atoms with van der Waals surface area (Å²) in [6.45, 7) is 6.38. The van der Waals surface area contributed by atoms with E-state index >= 15 is 0 Å². The largest absolute Gasteiger partial charge is 0.476 e. The van der Waals surface area contributed by atoms with Crippen LogP contribution in [0.4, 0.5) is 15.3 Å². The number of carbonyl (C=O) groups is 3. The fraction of sp³-hybridized carbons (Fsp3) is 0.556. The van der Waals surface area contributed by atoms with Gasteiger partial charge in [-0.15, -0.1) is 0 Å². The quantitative estimate of drug-likeness (QED) is 0.769. The number of nitrogens with one attached hydrogen (secondary N) is 1. The van der Waals surface area contributed by atoms with E-state index in [9.17, 15) is 14.4 Å². The Kier molecular flexibility index (Phi) is 5.98. The predicted octanol–water partition coefficient (Wildman–Crippen LogP) is 0.979. The summed E-state index contributed by atoms with van der Waals surface area (Å²) in [4.78, 5) is 43.6. The average Bonchev–Trinajstić information content (AvgIpc) is 2.64. The lowest BCUT2D eigenvalue weighted by atomic mass is 10.1. The lowest BCUT2D eigenvalue weighted by Crippen LogP contribution is -2.58. The first-order chi connectivity index (χ1) is 13.3. The number of anilines is 1. The summed E-state index contributed by atoms with van der Waals surface area (Å²) in [6.07, 6.45) is 0.919. The standard InChI is InChI=1S/C18H25N5O5/c1-12-10-21(18(26)27)11-13(2)22(12)7-8-28-16-4-3-14(9-19-16)23-6-5-15(24)20-17(23)25/h3-4,9,12-13H,5-8,10-11H2,1-2H3,(H,26,27)(H,20,24,25). The zero-order valence-corrected chi connectivity index (χ0v) is 16.0. The molecule has 2 unspecified atom stereocenters. The Morgan fingerprint density at radius 1 is 1.29 bits per heavy atom. The molecule has 0 bridgehead atoms. The molecule has 1 aromatic heterocycles. The van der Waals surface area contributed by atoms with Crippen LogP contribution >= 0.6 is 0 Å². The molecule has 2 aliphatic heterocycles. The molecule has 2 saturated heterocycles. The first kappa shape index (κ1) is 19.9. The van der Waals surface area contributed by atoms with Gasteiger partial charge in [-0.05, 0) is 19.9 Å². The molecule has 10 nitrogen and oxygen atoms in total. The number of urea groups is 1. The molecular weight excluding hydrogens is 366 g/mol. The van der Waals surface area contributed by atoms with E-state index < -0.39 is 12.1 Å². The molecule has 2 aliphatic rings. The maximum absolute atomic E-state index is 11.9. The first-order valence-electron chi connectivity index (χ1n) is 9.29. The highest BCUT2D eigenvalue weighted by molar-refractivity contribution is 6.05. The summed E-state index contributed by atoms with van der Waals surface area (Å²) in [5.74, 6) is 0.170. The zero-order valence-electron chi connectivity index (χ0n) is 16.0. The lowest BCUT2D eigenvalue weighted by Gasteiger charge is -2.43. The third-order valence-corrected chi connectivity index (χ3v) is 5.06. The molecular formula is C18H25N5O5. The summed E-state index contributed by atoms with van der Waals surface area (Å²) < 4.78 is 5.71. The van der Waals surface area contributed by atoms with Crippen LogP contribution in [0.3, 0.4) is 0 Å². The number of hydrogen-bond donors (Lipinski definition) is 2. The highest BCUT2D eigenvalue weighted by Gasteiger charge is 2.31. The van der Waals surface area contributed by atoms with Crippen LogP contribution < -0.4 is 15.0 Å². The van der Waals surface area contributed by atoms with Gasteiger partial charge in [0.1, 0.15) is 6.61 Å². The first-order valence-corrected chi connectivity index (χ1v) is 9.29. The summed E-state index contributed by atoms with van der Waals surface area (Å²) in [5, 5.41) is 11.4. The Labute approximate surface area is 163 Å². The van der Waals surface area contributed by atoms with Crippen LogP contribution in [0.1, 0.15) is 20.3 Å². The number of rotatable bonds is 5. The van der Waals surface area contributed by atoms with Gasteiger partial charge in [0.15, 0.2) is 0 Å². The SMILES string of the molecule is CC1CN(C(=O)O)CC(C)N1CCOc1ccc(N2CCC(=O)NC2=O)cn1. The molecule has 0 spiro atoms. The second-order valence-electron chi connectivity index (χ2n) is 7.08. The van der Waals surface area contributed by atoms with Crippen molar-refractivity contribution >= 4 is 23.7 Å². The fourth-order valence-corrected chi connectivity index (χ4v) is 3.64. The lowest BCUT2D eigenvalue weighted by molar-refractivity contribution is -0.120. The van der Waals surface area contributed by atoms with Crippen molar-refractivity contribution in [3.63, 3.8) is 0 Å². The monoisotopic (exact) mass is 391 g/mol. The van der Waals surface area contributed by atoms with Gasteiger partial charge in [-0.25, -0.2) is 14.6 Å². The van der Waals surface area contributed by atoms with Crippen LogP contribution in [-0.4, -0.2) is 82.8 Å². The van der Waals surface area contributed by atoms with Gasteiger partial charge in [0, 0.05) is 50.7 Å². The summed E-state index contributed by atoms with van der Waals surface area (Å²) in [6, 6.07) is 3.19. The van der Waals surface area contributed by atoms with Gasteiger partial charge in [-0.1, -0.05) is 0 Å². The summed E-state index contributed by atoms with van der Waals surface area (Å²) in [5.41, 5.74) is 0.601. The van der Waals surface area contributed by atoms with Gasteiger partial charge in [-0.3, -0.25) is 19.9 Å². The molecule has 3 heterocycles. The Morgan fingerprint density at radius 3 is 2.57 bits per heavy atom. The second kappa shape index (κ2) is 8.42. The normalized spacial score (nSPS) is 23.5. The van der Waals surface area contributed by atoms with E-state index in [0.717, 1.165) is 0 Å². The maximum atomic E-state index is 11.9. The number of ether oxygens (including phenoxy) is 1. The van der Waals surface area contributed by atoms with Crippen LogP contribution in [-0.2, 0) is 4.79 Å². The number of aromatic nitrogens is 1. The van der Waals surface area contributed by atoms with E-state index in [-0.39, 0.29) is 24.4 Å². The fourth-order valence-electron chi connectivity index (χ4n) is 3.64. The minimum absolute atomic E-state index is 0.110. The molecule has 1 aromatic rings. The molecule has 2 fully saturated rings. The number of pyridine rings is 1. The molecule has 0 radical (unpaired) electrons. The van der Waals surface area contributed by atoms with Crippen LogP contribution in [0.25, 0.3) is 0 Å². The highest BCUT2D eigenvalue weighted by Crippen LogP contribution is 2.19. The summed E-state index contributed by atoms with van der Waals surface area (Å²) in [7, 11) is 0. The second-order valence-corrected chi connectivity index (χ2v) is 7.08. The Balaban J connectivity index is 1.49. The minimum atomic E-state index is -0.884. The van der Waals surface area contributed by atoms with E-state index in [1.54, 1.807) is 18.3 Å². The topological polar surface area (TPSA) is 115 Å². The Hall–Kier alpha value is -2.88. The van der Waals surface area contributed by atoms with E-state index in [0.29, 0.717) is 44.4 Å². The van der Waals surface area contributed by atoms with E-state index in [1.165, 1.54) is 9.80 Å². The maximum Gasteiger partial charge on any atom is 0.407 e. The highest BCUT2D eigenvalue weighted by atomic mass is 16.5. The Bertz CT molecular complexity index is 728. The van der Waals surface area contributed by atoms with Gasteiger partial charge in [-0.2, -0.15) is 0 Å². The average molecular weight is 391 g/mol. The van der Waals surface area contributed by atoms with Crippen molar-refractivity contribution in [2.45, 2.75) is 32.4 Å². The van der Waals surface area contributed by atoms with Crippen LogP contribution in [0.2, 0.25) is 0 Å². The van der Waals surface area contributed by atoms with Crippen molar-refractivity contribution < 1.29 is 24.2 Å². The zero-order chi connectivity index (χ0) is 20.3. The third-order valence-electron chi connectivity index (χ3n) is 5.06. The molecule has 0 aromatic carbocycles. The van der Waals surface area contributed by atoms with Crippen molar-refractivity contribution in [1.82, 2.24) is 20.1 Å². The number of carbonyl (C=O) groups excluding carboxylic acids is 2. The van der Waals surface area contributed by atoms with Gasteiger partial charge in [0.2, 0.25) is 11.8 Å². The number of piperazine rings is 1. The minimum Gasteiger partial charge on any atom is -0.476 e. The molecule has 10 heteroatoms. The van der Waals surface area contributed by atoms with E-state index in [2.05, 4.69) is 15.2 Å². The molecule has 0 saturated carbocycles. The molecule has 4 amide bonds. The Morgan fingerprint density at radius 2 is 2.00 bits per heavy atom. The van der Waals surface area contributed by atoms with E-state index in [4.69, 9.17) is 9.84 Å². The molecule has 28 heavy (non-hydrogen) atoms. The van der Waals surface area contributed by atoms with Crippen LogP contribution in [0.15, 0.2) is 18.3 Å². The third kappa shape index (κ3) is 4.50. The molecule has 2 atom stereocenters. The molecule has 2 N–H and O–H groups in total. The van der Waals surface area contributed by atoms with Crippen LogP contribution in [0.5, 0.6) is 5.88 Å².